The third-order valence-electron chi connectivity index (χ3n) is 3.22. The van der Waals surface area contributed by atoms with E-state index in [0.29, 0.717) is 11.4 Å². The summed E-state index contributed by atoms with van der Waals surface area (Å²) in [7, 11) is 1.87. The van der Waals surface area contributed by atoms with E-state index in [4.69, 9.17) is 11.6 Å². The second-order valence-electron chi connectivity index (χ2n) is 6.70. The summed E-state index contributed by atoms with van der Waals surface area (Å²) in [6, 6.07) is 0. The van der Waals surface area contributed by atoms with Crippen molar-refractivity contribution in [2.24, 2.45) is 12.5 Å². The first-order valence-electron chi connectivity index (χ1n) is 6.42. The van der Waals surface area contributed by atoms with Gasteiger partial charge in [0, 0.05) is 13.5 Å². The first kappa shape index (κ1) is 15.5. The predicted octanol–water partition coefficient (Wildman–Crippen LogP) is 3.50. The highest BCUT2D eigenvalue weighted by atomic mass is 35.5. The summed E-state index contributed by atoms with van der Waals surface area (Å²) in [5.74, 6) is 0. The summed E-state index contributed by atoms with van der Waals surface area (Å²) in [5.41, 5.74) is 1.22. The third-order valence-corrected chi connectivity index (χ3v) is 3.72. The molecular weight excluding hydrogens is 248 g/mol. The molecule has 0 bridgehead atoms. The molecule has 0 saturated carbocycles. The van der Waals surface area contributed by atoms with Crippen LogP contribution in [0.15, 0.2) is 0 Å². The van der Waals surface area contributed by atoms with Gasteiger partial charge >= 0.3 is 0 Å². The normalized spacial score (nSPS) is 15.8. The van der Waals surface area contributed by atoms with Crippen molar-refractivity contribution in [2.75, 3.05) is 0 Å². The molecule has 0 aliphatic rings. The first-order valence-corrected chi connectivity index (χ1v) is 6.80. The fourth-order valence-electron chi connectivity index (χ4n) is 1.97. The minimum absolute atomic E-state index is 0.232. The molecule has 1 unspecified atom stereocenters. The van der Waals surface area contributed by atoms with Crippen LogP contribution < -0.4 is 0 Å². The molecule has 1 N–H and O–H groups in total. The van der Waals surface area contributed by atoms with Gasteiger partial charge < -0.3 is 5.11 Å². The van der Waals surface area contributed by atoms with Gasteiger partial charge in [0.05, 0.1) is 22.0 Å². The van der Waals surface area contributed by atoms with E-state index in [9.17, 15) is 5.11 Å². The van der Waals surface area contributed by atoms with Crippen LogP contribution in [0.2, 0.25) is 5.02 Å². The number of hydrogen-bond acceptors (Lipinski definition) is 2. The number of aromatic nitrogens is 2. The average Bonchev–Trinajstić information content (AvgIpc) is 2.41. The maximum atomic E-state index is 10.5. The molecule has 0 spiro atoms. The SMILES string of the molecule is Cc1nn(C)c(CC(C)(O)CCC(C)(C)C)c1Cl. The molecule has 18 heavy (non-hydrogen) atoms. The number of aliphatic hydroxyl groups is 1. The molecule has 0 radical (unpaired) electrons. The van der Waals surface area contributed by atoms with E-state index in [-0.39, 0.29) is 5.41 Å². The molecular formula is C14H25ClN2O. The van der Waals surface area contributed by atoms with Crippen LogP contribution >= 0.6 is 11.6 Å². The topological polar surface area (TPSA) is 38.0 Å². The minimum atomic E-state index is -0.739. The summed E-state index contributed by atoms with van der Waals surface area (Å²) >= 11 is 6.22. The molecule has 1 heterocycles. The van der Waals surface area contributed by atoms with Crippen LogP contribution in [0.25, 0.3) is 0 Å². The number of rotatable bonds is 4. The van der Waals surface area contributed by atoms with E-state index in [1.54, 1.807) is 4.68 Å². The number of nitrogens with zero attached hydrogens (tertiary/aromatic N) is 2. The lowest BCUT2D eigenvalue weighted by atomic mass is 9.84. The van der Waals surface area contributed by atoms with Crippen molar-refractivity contribution in [1.29, 1.82) is 0 Å². The van der Waals surface area contributed by atoms with Gasteiger partial charge in [-0.05, 0) is 32.1 Å². The quantitative estimate of drug-likeness (QED) is 0.911. The highest BCUT2D eigenvalue weighted by Gasteiger charge is 2.27. The van der Waals surface area contributed by atoms with Crippen LogP contribution in [-0.2, 0) is 13.5 Å². The van der Waals surface area contributed by atoms with Gasteiger partial charge in [0.1, 0.15) is 0 Å². The van der Waals surface area contributed by atoms with Crippen LogP contribution in [-0.4, -0.2) is 20.5 Å². The number of aryl methyl sites for hydroxylation is 2. The lowest BCUT2D eigenvalue weighted by Crippen LogP contribution is -2.30. The second kappa shape index (κ2) is 5.22. The highest BCUT2D eigenvalue weighted by Crippen LogP contribution is 2.30. The van der Waals surface area contributed by atoms with E-state index in [2.05, 4.69) is 25.9 Å². The zero-order valence-corrected chi connectivity index (χ0v) is 13.1. The van der Waals surface area contributed by atoms with Gasteiger partial charge in [-0.2, -0.15) is 5.10 Å². The molecule has 1 rings (SSSR count). The molecule has 3 nitrogen and oxygen atoms in total. The van der Waals surface area contributed by atoms with Gasteiger partial charge in [-0.25, -0.2) is 0 Å². The van der Waals surface area contributed by atoms with Crippen molar-refractivity contribution in [3.8, 4) is 0 Å². The molecule has 0 aromatic carbocycles. The minimum Gasteiger partial charge on any atom is -0.390 e. The van der Waals surface area contributed by atoms with Gasteiger partial charge in [0.2, 0.25) is 0 Å². The lowest BCUT2D eigenvalue weighted by Gasteiger charge is -2.28. The average molecular weight is 273 g/mol. The Balaban J connectivity index is 2.76. The maximum absolute atomic E-state index is 10.5. The van der Waals surface area contributed by atoms with Gasteiger partial charge in [0.25, 0.3) is 0 Å². The largest absolute Gasteiger partial charge is 0.390 e. The van der Waals surface area contributed by atoms with Crippen molar-refractivity contribution >= 4 is 11.6 Å². The van der Waals surface area contributed by atoms with Gasteiger partial charge in [-0.3, -0.25) is 4.68 Å². The van der Waals surface area contributed by atoms with Crippen LogP contribution in [0.4, 0.5) is 0 Å². The molecule has 1 atom stereocenters. The van der Waals surface area contributed by atoms with Crippen molar-refractivity contribution in [3.63, 3.8) is 0 Å². The predicted molar refractivity (Wildman–Crippen MR) is 76.0 cm³/mol. The Kier molecular flexibility index (Phi) is 4.50. The highest BCUT2D eigenvalue weighted by molar-refractivity contribution is 6.31. The fourth-order valence-corrected chi connectivity index (χ4v) is 2.19. The Labute approximate surface area is 115 Å². The van der Waals surface area contributed by atoms with E-state index in [0.717, 1.165) is 24.2 Å². The standard InChI is InChI=1S/C14H25ClN2O/c1-10-12(15)11(17(6)16-10)9-14(5,18)8-7-13(2,3)4/h18H,7-9H2,1-6H3. The molecule has 0 fully saturated rings. The molecule has 1 aromatic heterocycles. The van der Waals surface area contributed by atoms with E-state index in [1.165, 1.54) is 0 Å². The van der Waals surface area contributed by atoms with Gasteiger partial charge in [-0.1, -0.05) is 32.4 Å². The van der Waals surface area contributed by atoms with Crippen LogP contribution in [0, 0.1) is 12.3 Å². The monoisotopic (exact) mass is 272 g/mol. The zero-order valence-electron chi connectivity index (χ0n) is 12.3. The van der Waals surface area contributed by atoms with Crippen molar-refractivity contribution in [1.82, 2.24) is 9.78 Å². The summed E-state index contributed by atoms with van der Waals surface area (Å²) < 4.78 is 1.77. The Hall–Kier alpha value is -0.540. The first-order chi connectivity index (χ1) is 8.02. The molecule has 0 saturated heterocycles. The third kappa shape index (κ3) is 4.29. The van der Waals surface area contributed by atoms with E-state index in [1.807, 2.05) is 20.9 Å². The summed E-state index contributed by atoms with van der Waals surface area (Å²) in [6.07, 6.45) is 2.28. The maximum Gasteiger partial charge on any atom is 0.0848 e. The Morgan fingerprint density at radius 1 is 1.22 bits per heavy atom. The van der Waals surface area contributed by atoms with Crippen molar-refractivity contribution in [3.05, 3.63) is 16.4 Å². The van der Waals surface area contributed by atoms with Gasteiger partial charge in [-0.15, -0.1) is 0 Å². The molecule has 4 heteroatoms. The smallest absolute Gasteiger partial charge is 0.0848 e. The van der Waals surface area contributed by atoms with E-state index >= 15 is 0 Å². The molecule has 0 aliphatic heterocycles. The van der Waals surface area contributed by atoms with Crippen LogP contribution in [0.3, 0.4) is 0 Å². The number of hydrogen-bond donors (Lipinski definition) is 1. The van der Waals surface area contributed by atoms with Gasteiger partial charge in [0.15, 0.2) is 0 Å². The summed E-state index contributed by atoms with van der Waals surface area (Å²) in [6.45, 7) is 10.3. The molecule has 0 aliphatic carbocycles. The van der Waals surface area contributed by atoms with Crippen LogP contribution in [0.1, 0.15) is 51.9 Å². The van der Waals surface area contributed by atoms with Crippen LogP contribution in [0.5, 0.6) is 0 Å². The Bertz CT molecular complexity index is 416. The second-order valence-corrected chi connectivity index (χ2v) is 7.08. The zero-order chi connectivity index (χ0) is 14.1. The summed E-state index contributed by atoms with van der Waals surface area (Å²) in [5, 5.41) is 15.4. The molecule has 1 aromatic rings. The summed E-state index contributed by atoms with van der Waals surface area (Å²) in [4.78, 5) is 0. The molecule has 0 amide bonds. The lowest BCUT2D eigenvalue weighted by molar-refractivity contribution is 0.0379. The van der Waals surface area contributed by atoms with Crippen molar-refractivity contribution in [2.45, 2.75) is 59.5 Å². The number of halogens is 1. The van der Waals surface area contributed by atoms with Crippen molar-refractivity contribution < 1.29 is 5.11 Å². The Morgan fingerprint density at radius 3 is 2.17 bits per heavy atom. The Morgan fingerprint density at radius 2 is 1.78 bits per heavy atom. The van der Waals surface area contributed by atoms with E-state index < -0.39 is 5.60 Å². The fraction of sp³-hybridized carbons (Fsp3) is 0.786. The molecule has 104 valence electrons.